The third-order valence-corrected chi connectivity index (χ3v) is 8.38. The molecule has 262 valence electrons. The van der Waals surface area contributed by atoms with E-state index in [1.165, 1.54) is 31.4 Å². The Kier molecular flexibility index (Phi) is 16.7. The minimum Gasteiger partial charge on any atom is -0.494 e. The molecule has 0 bridgehead atoms. The minimum absolute atomic E-state index is 0.0181. The summed E-state index contributed by atoms with van der Waals surface area (Å²) in [6.07, 6.45) is 4.54. The van der Waals surface area contributed by atoms with Crippen molar-refractivity contribution >= 4 is 29.8 Å². The van der Waals surface area contributed by atoms with E-state index in [1.807, 2.05) is 6.08 Å². The normalized spacial score (nSPS) is 17.0. The van der Waals surface area contributed by atoms with E-state index < -0.39 is 43.5 Å². The van der Waals surface area contributed by atoms with Gasteiger partial charge >= 0.3 is 25.8 Å². The lowest BCUT2D eigenvalue weighted by molar-refractivity contribution is -0.166. The van der Waals surface area contributed by atoms with Crippen molar-refractivity contribution < 1.29 is 50.7 Å². The topological polar surface area (TPSA) is 137 Å². The Balaban J connectivity index is 1.63. The van der Waals surface area contributed by atoms with E-state index in [1.54, 1.807) is 26.8 Å². The first-order valence-electron chi connectivity index (χ1n) is 15.2. The van der Waals surface area contributed by atoms with Crippen molar-refractivity contribution in [2.24, 2.45) is 10.2 Å². The van der Waals surface area contributed by atoms with Gasteiger partial charge in [0.25, 0.3) is 0 Å². The summed E-state index contributed by atoms with van der Waals surface area (Å²) in [5, 5.41) is 20.1. The molecule has 0 radical (unpaired) electrons. The van der Waals surface area contributed by atoms with Crippen molar-refractivity contribution in [3.8, 4) is 5.75 Å². The molecule has 0 saturated heterocycles. The zero-order valence-corrected chi connectivity index (χ0v) is 29.2. The molecule has 0 fully saturated rings. The molecule has 11 nitrogen and oxygen atoms in total. The largest absolute Gasteiger partial charge is 0.494 e. The number of rotatable bonds is 22. The van der Waals surface area contributed by atoms with Crippen molar-refractivity contribution in [2.75, 3.05) is 32.3 Å². The lowest BCUT2D eigenvalue weighted by Gasteiger charge is -2.26. The molecule has 16 heteroatoms. The molecule has 2 N–H and O–H groups in total. The molecule has 1 aromatic carbocycles. The number of hydrogen-bond donors (Lipinski definition) is 2. The van der Waals surface area contributed by atoms with Crippen LogP contribution in [0.15, 0.2) is 46.6 Å². The van der Waals surface area contributed by atoms with E-state index in [0.717, 1.165) is 51.4 Å². The van der Waals surface area contributed by atoms with E-state index in [2.05, 4.69) is 31.5 Å². The van der Waals surface area contributed by atoms with E-state index in [9.17, 15) is 27.6 Å². The fourth-order valence-corrected chi connectivity index (χ4v) is 5.53. The molecule has 0 aliphatic carbocycles. The molecule has 1 aliphatic heterocycles. The van der Waals surface area contributed by atoms with Gasteiger partial charge in [-0.05, 0) is 52.2 Å². The van der Waals surface area contributed by atoms with Gasteiger partial charge in [0.05, 0.1) is 32.0 Å². The summed E-state index contributed by atoms with van der Waals surface area (Å²) in [7, 11) is -2.69. The Labute approximate surface area is 277 Å². The number of phosphoric acid groups is 1. The van der Waals surface area contributed by atoms with E-state index >= 15 is 0 Å². The molecule has 2 rings (SSSR count). The second kappa shape index (κ2) is 19.1. The number of alkyl halides is 4. The Hall–Kier alpha value is -2.03. The van der Waals surface area contributed by atoms with Crippen LogP contribution in [-0.2, 0) is 28.5 Å². The predicted octanol–water partition coefficient (Wildman–Crippen LogP) is 8.36. The number of amides is 1. The standard InChI is InChI=1S/C30H46BrF3N3O8P/c1-28(2,3)45-27(39)35-25(22-44-46(40,41-4)43-21-19-31)26(38)14-12-10-8-6-5-7-9-11-13-20-42-24-17-15-23(16-18-24)29(36-37-29)30(32,33)34/h12,14-18,25-26,38H,5-11,13,19-22H2,1-4H3,(H,35,39)/t25-,26+,46?/m0/s1. The van der Waals surface area contributed by atoms with Gasteiger partial charge in [0.2, 0.25) is 0 Å². The molecule has 46 heavy (non-hydrogen) atoms. The van der Waals surface area contributed by atoms with Crippen molar-refractivity contribution in [3.63, 3.8) is 0 Å². The van der Waals surface area contributed by atoms with Crippen molar-refractivity contribution in [1.29, 1.82) is 0 Å². The van der Waals surface area contributed by atoms with Gasteiger partial charge in [0, 0.05) is 18.0 Å². The van der Waals surface area contributed by atoms with Crippen LogP contribution in [0.1, 0.15) is 77.7 Å². The van der Waals surface area contributed by atoms with Gasteiger partial charge in [-0.3, -0.25) is 13.6 Å². The number of carbonyl (C=O) groups excluding carboxylic acids is 1. The number of aliphatic hydroxyl groups is 1. The van der Waals surface area contributed by atoms with Gasteiger partial charge in [0.1, 0.15) is 11.4 Å². The Bertz CT molecular complexity index is 1160. The van der Waals surface area contributed by atoms with Gasteiger partial charge in [-0.1, -0.05) is 72.3 Å². The fraction of sp³-hybridized carbons (Fsp3) is 0.700. The summed E-state index contributed by atoms with van der Waals surface area (Å²) < 4.78 is 78.1. The SMILES string of the molecule is COP(=O)(OCCBr)OC[C@H](NC(=O)OC(C)(C)C)[C@H](O)C=CCCCCCCCCCOc1ccc(C2(C(F)(F)F)N=N2)cc1. The van der Waals surface area contributed by atoms with Crippen LogP contribution in [0.3, 0.4) is 0 Å². The summed E-state index contributed by atoms with van der Waals surface area (Å²) in [6, 6.07) is 4.73. The maximum absolute atomic E-state index is 13.1. The monoisotopic (exact) mass is 743 g/mol. The number of unbranched alkanes of at least 4 members (excludes halogenated alkanes) is 7. The third-order valence-electron chi connectivity index (χ3n) is 6.65. The maximum atomic E-state index is 13.1. The number of carbonyl (C=O) groups is 1. The predicted molar refractivity (Wildman–Crippen MR) is 170 cm³/mol. The number of hydrogen-bond acceptors (Lipinski definition) is 10. The molecule has 1 heterocycles. The number of allylic oxidation sites excluding steroid dienone is 1. The van der Waals surface area contributed by atoms with Crippen molar-refractivity contribution in [2.45, 2.75) is 102 Å². The number of benzene rings is 1. The first kappa shape index (κ1) is 40.1. The van der Waals surface area contributed by atoms with Crippen LogP contribution in [0.4, 0.5) is 18.0 Å². The Morgan fingerprint density at radius 3 is 2.17 bits per heavy atom. The highest BCUT2D eigenvalue weighted by Crippen LogP contribution is 2.52. The minimum atomic E-state index is -4.54. The first-order chi connectivity index (χ1) is 21.6. The highest BCUT2D eigenvalue weighted by molar-refractivity contribution is 9.09. The fourth-order valence-electron chi connectivity index (χ4n) is 4.18. The van der Waals surface area contributed by atoms with Crippen LogP contribution in [0, 0.1) is 0 Å². The number of nitrogens with one attached hydrogen (secondary N) is 1. The average Bonchev–Trinajstić information content (AvgIpc) is 3.81. The van der Waals surface area contributed by atoms with E-state index in [-0.39, 0.29) is 18.8 Å². The second-order valence-electron chi connectivity index (χ2n) is 11.6. The highest BCUT2D eigenvalue weighted by atomic mass is 79.9. The number of phosphoric ester groups is 1. The molecule has 1 aromatic rings. The van der Waals surface area contributed by atoms with Crippen LogP contribution in [0.2, 0.25) is 0 Å². The van der Waals surface area contributed by atoms with Gasteiger partial charge in [-0.25, -0.2) is 9.36 Å². The zero-order chi connectivity index (χ0) is 34.3. The highest BCUT2D eigenvalue weighted by Gasteiger charge is 2.65. The van der Waals surface area contributed by atoms with Gasteiger partial charge in [-0.15, -0.1) is 10.2 Å². The molecule has 1 unspecified atom stereocenters. The van der Waals surface area contributed by atoms with E-state index in [4.69, 9.17) is 23.0 Å². The quantitative estimate of drug-likeness (QED) is 0.0523. The van der Waals surface area contributed by atoms with Crippen LogP contribution in [0.5, 0.6) is 5.75 Å². The lowest BCUT2D eigenvalue weighted by atomic mass is 10.0. The molecule has 1 amide bonds. The average molecular weight is 745 g/mol. The van der Waals surface area contributed by atoms with E-state index in [0.29, 0.717) is 17.7 Å². The summed E-state index contributed by atoms with van der Waals surface area (Å²) in [5.74, 6) is 0.508. The van der Waals surface area contributed by atoms with Crippen molar-refractivity contribution in [3.05, 3.63) is 42.0 Å². The Morgan fingerprint density at radius 2 is 1.63 bits per heavy atom. The summed E-state index contributed by atoms with van der Waals surface area (Å²) in [5.41, 5.74) is -3.18. The second-order valence-corrected chi connectivity index (χ2v) is 14.2. The number of ether oxygens (including phenoxy) is 2. The van der Waals surface area contributed by atoms with Crippen LogP contribution in [-0.4, -0.2) is 67.4 Å². The maximum Gasteiger partial charge on any atom is 0.474 e. The summed E-state index contributed by atoms with van der Waals surface area (Å²) in [6.45, 7) is 5.35. The summed E-state index contributed by atoms with van der Waals surface area (Å²) in [4.78, 5) is 12.3. The van der Waals surface area contributed by atoms with Gasteiger partial charge in [0.15, 0.2) is 0 Å². The molecule has 0 aromatic heterocycles. The zero-order valence-electron chi connectivity index (χ0n) is 26.8. The molecule has 3 atom stereocenters. The molecule has 0 saturated carbocycles. The Morgan fingerprint density at radius 1 is 1.02 bits per heavy atom. The molecular formula is C30H46BrF3N3O8P. The number of aliphatic hydroxyl groups excluding tert-OH is 1. The number of nitrogens with zero attached hydrogens (tertiary/aromatic N) is 2. The van der Waals surface area contributed by atoms with Gasteiger partial charge < -0.3 is 19.9 Å². The van der Waals surface area contributed by atoms with Crippen LogP contribution >= 0.6 is 23.8 Å². The number of halogens is 4. The first-order valence-corrected chi connectivity index (χ1v) is 17.8. The van der Waals surface area contributed by atoms with Crippen LogP contribution < -0.4 is 10.1 Å². The number of alkyl carbamates (subject to hydrolysis) is 1. The van der Waals surface area contributed by atoms with Crippen molar-refractivity contribution in [1.82, 2.24) is 5.32 Å². The third kappa shape index (κ3) is 14.4. The molecular weight excluding hydrogens is 698 g/mol. The molecule has 1 aliphatic rings. The summed E-state index contributed by atoms with van der Waals surface area (Å²) >= 11 is 3.17. The smallest absolute Gasteiger partial charge is 0.474 e. The van der Waals surface area contributed by atoms with Gasteiger partial charge in [-0.2, -0.15) is 13.2 Å². The lowest BCUT2D eigenvalue weighted by Crippen LogP contribution is -2.47. The molecule has 0 spiro atoms. The van der Waals surface area contributed by atoms with Crippen LogP contribution in [0.25, 0.3) is 0 Å².